The molecule has 1 atom stereocenters. The Balaban J connectivity index is 1.74. The summed E-state index contributed by atoms with van der Waals surface area (Å²) in [5.74, 6) is 0.103. The van der Waals surface area contributed by atoms with E-state index in [4.69, 9.17) is 0 Å². The summed E-state index contributed by atoms with van der Waals surface area (Å²) in [4.78, 5) is 0.846. The number of aromatic amines is 1. The third-order valence-electron chi connectivity index (χ3n) is 4.28. The number of H-pyrrole nitrogens is 1. The highest BCUT2D eigenvalue weighted by Crippen LogP contribution is 2.32. The molecule has 3 rings (SSSR count). The SMILES string of the molecule is Cc1[nH]nc(-c2ccc(S(=O)(=O)NCC(C)c3ccccc3)s2)c1C. The van der Waals surface area contributed by atoms with Crippen molar-refractivity contribution in [1.82, 2.24) is 14.9 Å². The molecule has 2 heterocycles. The number of nitrogens with zero attached hydrogens (tertiary/aromatic N) is 1. The third-order valence-corrected chi connectivity index (χ3v) is 7.29. The number of sulfonamides is 1. The van der Waals surface area contributed by atoms with Crippen molar-refractivity contribution in [3.05, 3.63) is 59.3 Å². The highest BCUT2D eigenvalue weighted by molar-refractivity contribution is 7.91. The normalized spacial score (nSPS) is 13.1. The number of aryl methyl sites for hydroxylation is 1. The van der Waals surface area contributed by atoms with Gasteiger partial charge in [0.2, 0.25) is 10.0 Å². The molecule has 0 fully saturated rings. The number of thiophene rings is 1. The molecule has 0 saturated heterocycles. The zero-order valence-corrected chi connectivity index (χ0v) is 16.0. The van der Waals surface area contributed by atoms with E-state index in [0.29, 0.717) is 10.8 Å². The molecule has 0 aliphatic rings. The number of nitrogens with one attached hydrogen (secondary N) is 2. The Morgan fingerprint density at radius 3 is 2.52 bits per heavy atom. The summed E-state index contributed by atoms with van der Waals surface area (Å²) in [6, 6.07) is 13.3. The van der Waals surface area contributed by atoms with Gasteiger partial charge in [-0.05, 0) is 43.0 Å². The fourth-order valence-corrected chi connectivity index (χ4v) is 5.05. The monoisotopic (exact) mass is 375 g/mol. The summed E-state index contributed by atoms with van der Waals surface area (Å²) < 4.78 is 28.2. The molecule has 5 nitrogen and oxygen atoms in total. The van der Waals surface area contributed by atoms with Gasteiger partial charge in [0.15, 0.2) is 0 Å². The fourth-order valence-electron chi connectivity index (χ4n) is 2.52. The van der Waals surface area contributed by atoms with Crippen LogP contribution in [0, 0.1) is 13.8 Å². The van der Waals surface area contributed by atoms with Crippen LogP contribution < -0.4 is 4.72 Å². The summed E-state index contributed by atoms with van der Waals surface area (Å²) in [6.45, 7) is 6.29. The van der Waals surface area contributed by atoms with Crippen molar-refractivity contribution in [2.45, 2.75) is 30.9 Å². The summed E-state index contributed by atoms with van der Waals surface area (Å²) in [5.41, 5.74) is 3.94. The van der Waals surface area contributed by atoms with Gasteiger partial charge in [0.1, 0.15) is 9.90 Å². The van der Waals surface area contributed by atoms with Gasteiger partial charge in [0, 0.05) is 12.2 Å². The first-order chi connectivity index (χ1) is 11.9. The van der Waals surface area contributed by atoms with E-state index >= 15 is 0 Å². The van der Waals surface area contributed by atoms with Crippen molar-refractivity contribution < 1.29 is 8.42 Å². The molecule has 132 valence electrons. The Bertz CT molecular complexity index is 959. The van der Waals surface area contributed by atoms with Crippen LogP contribution >= 0.6 is 11.3 Å². The molecule has 1 aromatic carbocycles. The van der Waals surface area contributed by atoms with Crippen molar-refractivity contribution in [1.29, 1.82) is 0 Å². The minimum Gasteiger partial charge on any atom is -0.282 e. The van der Waals surface area contributed by atoms with Gasteiger partial charge in [-0.25, -0.2) is 13.1 Å². The maximum absolute atomic E-state index is 12.6. The maximum atomic E-state index is 12.6. The summed E-state index contributed by atoms with van der Waals surface area (Å²) in [6.07, 6.45) is 0. The Morgan fingerprint density at radius 1 is 1.16 bits per heavy atom. The Kier molecular flexibility index (Phi) is 5.08. The zero-order valence-electron chi connectivity index (χ0n) is 14.4. The van der Waals surface area contributed by atoms with Gasteiger partial charge in [-0.3, -0.25) is 5.10 Å². The lowest BCUT2D eigenvalue weighted by Gasteiger charge is -2.12. The first-order valence-corrected chi connectivity index (χ1v) is 10.3. The average Bonchev–Trinajstić information content (AvgIpc) is 3.22. The van der Waals surface area contributed by atoms with E-state index in [2.05, 4.69) is 14.9 Å². The smallest absolute Gasteiger partial charge is 0.250 e. The second-order valence-electron chi connectivity index (χ2n) is 6.10. The topological polar surface area (TPSA) is 74.8 Å². The van der Waals surface area contributed by atoms with Crippen LogP contribution in [-0.4, -0.2) is 25.2 Å². The lowest BCUT2D eigenvalue weighted by atomic mass is 10.0. The molecule has 2 aromatic heterocycles. The second kappa shape index (κ2) is 7.11. The lowest BCUT2D eigenvalue weighted by molar-refractivity contribution is 0.577. The first-order valence-electron chi connectivity index (χ1n) is 8.05. The minimum absolute atomic E-state index is 0.103. The van der Waals surface area contributed by atoms with Crippen LogP contribution in [0.2, 0.25) is 0 Å². The molecule has 0 amide bonds. The first kappa shape index (κ1) is 17.8. The van der Waals surface area contributed by atoms with E-state index in [1.54, 1.807) is 6.07 Å². The molecule has 2 N–H and O–H groups in total. The van der Waals surface area contributed by atoms with Crippen molar-refractivity contribution in [2.75, 3.05) is 6.54 Å². The Morgan fingerprint density at radius 2 is 1.88 bits per heavy atom. The van der Waals surface area contributed by atoms with Crippen LogP contribution in [0.5, 0.6) is 0 Å². The Hall–Kier alpha value is -1.96. The van der Waals surface area contributed by atoms with Crippen LogP contribution in [-0.2, 0) is 10.0 Å². The minimum atomic E-state index is -3.53. The number of benzene rings is 1. The van der Waals surface area contributed by atoms with E-state index in [-0.39, 0.29) is 5.92 Å². The van der Waals surface area contributed by atoms with Gasteiger partial charge in [-0.1, -0.05) is 37.3 Å². The van der Waals surface area contributed by atoms with E-state index in [1.807, 2.05) is 57.2 Å². The second-order valence-corrected chi connectivity index (χ2v) is 9.18. The molecule has 7 heteroatoms. The van der Waals surface area contributed by atoms with Crippen LogP contribution in [0.1, 0.15) is 29.7 Å². The zero-order chi connectivity index (χ0) is 18.0. The predicted molar refractivity (Wildman–Crippen MR) is 101 cm³/mol. The van der Waals surface area contributed by atoms with Crippen molar-refractivity contribution >= 4 is 21.4 Å². The summed E-state index contributed by atoms with van der Waals surface area (Å²) in [5, 5.41) is 7.20. The summed E-state index contributed by atoms with van der Waals surface area (Å²) in [7, 11) is -3.53. The van der Waals surface area contributed by atoms with Gasteiger partial charge in [0.25, 0.3) is 0 Å². The lowest BCUT2D eigenvalue weighted by Crippen LogP contribution is -2.27. The molecule has 0 aliphatic heterocycles. The van der Waals surface area contributed by atoms with Gasteiger partial charge < -0.3 is 0 Å². The molecule has 0 radical (unpaired) electrons. The maximum Gasteiger partial charge on any atom is 0.250 e. The molecule has 25 heavy (non-hydrogen) atoms. The van der Waals surface area contributed by atoms with Crippen molar-refractivity contribution in [3.63, 3.8) is 0 Å². The highest BCUT2D eigenvalue weighted by atomic mass is 32.2. The molecule has 0 spiro atoms. The van der Waals surface area contributed by atoms with Crippen LogP contribution in [0.4, 0.5) is 0 Å². The predicted octanol–water partition coefficient (Wildman–Crippen LogP) is 3.84. The fraction of sp³-hybridized carbons (Fsp3) is 0.278. The number of hydrogen-bond acceptors (Lipinski definition) is 4. The van der Waals surface area contributed by atoms with Gasteiger partial charge in [-0.15, -0.1) is 11.3 Å². The molecular weight excluding hydrogens is 354 g/mol. The molecule has 0 aliphatic carbocycles. The molecular formula is C18H21N3O2S2. The molecule has 0 saturated carbocycles. The standard InChI is InChI=1S/C18H21N3O2S2/c1-12(15-7-5-4-6-8-15)11-19-25(22,23)17-10-9-16(24-17)18-13(2)14(3)20-21-18/h4-10,12,19H,11H2,1-3H3,(H,20,21). The number of aromatic nitrogens is 2. The summed E-state index contributed by atoms with van der Waals surface area (Å²) >= 11 is 1.23. The third kappa shape index (κ3) is 3.84. The average molecular weight is 376 g/mol. The Labute approximate surface area is 152 Å². The van der Waals surface area contributed by atoms with Crippen LogP contribution in [0.25, 0.3) is 10.6 Å². The van der Waals surface area contributed by atoms with Crippen LogP contribution in [0.3, 0.4) is 0 Å². The highest BCUT2D eigenvalue weighted by Gasteiger charge is 2.20. The van der Waals surface area contributed by atoms with Crippen molar-refractivity contribution in [2.24, 2.45) is 0 Å². The van der Waals surface area contributed by atoms with Gasteiger partial charge >= 0.3 is 0 Å². The largest absolute Gasteiger partial charge is 0.282 e. The van der Waals surface area contributed by atoms with E-state index in [0.717, 1.165) is 27.4 Å². The molecule has 0 bridgehead atoms. The van der Waals surface area contributed by atoms with Crippen molar-refractivity contribution in [3.8, 4) is 10.6 Å². The van der Waals surface area contributed by atoms with Crippen LogP contribution in [0.15, 0.2) is 46.7 Å². The van der Waals surface area contributed by atoms with Gasteiger partial charge in [-0.2, -0.15) is 5.10 Å². The number of rotatable bonds is 6. The van der Waals surface area contributed by atoms with Gasteiger partial charge in [0.05, 0.1) is 4.88 Å². The quantitative estimate of drug-likeness (QED) is 0.687. The molecule has 1 unspecified atom stereocenters. The van der Waals surface area contributed by atoms with E-state index < -0.39 is 10.0 Å². The number of hydrogen-bond donors (Lipinski definition) is 2. The van der Waals surface area contributed by atoms with E-state index in [9.17, 15) is 8.42 Å². The molecule has 3 aromatic rings. The van der Waals surface area contributed by atoms with E-state index in [1.165, 1.54) is 11.3 Å².